The molecule has 4 aliphatic rings. The Kier molecular flexibility index (Phi) is 9.94. The molecule has 294 valence electrons. The predicted molar refractivity (Wildman–Crippen MR) is 212 cm³/mol. The van der Waals surface area contributed by atoms with E-state index in [1.54, 1.807) is 0 Å². The zero-order valence-electron chi connectivity index (χ0n) is 33.3. The monoisotopic (exact) mass is 759 g/mol. The van der Waals surface area contributed by atoms with E-state index in [0.29, 0.717) is 13.1 Å². The molecule has 12 heteroatoms. The number of carbonyl (C=O) groups excluding carboxylic acids is 3. The summed E-state index contributed by atoms with van der Waals surface area (Å²) in [7, 11) is 1.31. The fraction of sp³-hybridized carbons (Fsp3) is 0.523. The van der Waals surface area contributed by atoms with Crippen molar-refractivity contribution >= 4 is 28.9 Å². The van der Waals surface area contributed by atoms with Gasteiger partial charge < -0.3 is 34.6 Å². The van der Waals surface area contributed by atoms with Gasteiger partial charge in [0, 0.05) is 36.6 Å². The predicted octanol–water partition coefficient (Wildman–Crippen LogP) is 6.90. The van der Waals surface area contributed by atoms with Crippen LogP contribution in [-0.2, 0) is 19.1 Å². The molecule has 1 saturated carbocycles. The first kappa shape index (κ1) is 37.8. The summed E-state index contributed by atoms with van der Waals surface area (Å²) in [4.78, 5) is 60.2. The van der Waals surface area contributed by atoms with Crippen LogP contribution >= 0.6 is 0 Å². The SMILES string of the molecule is COC(=O)N[C@H](C(=O)N1CC2(CC2)C[C@H]1c1nc2ccc(C#Cc3ccc(-c4cnc([C@@H]5C[C@@]6(CCCO6)CN5C(=O)[C@@H](C)C(C)C)[nH]4)cc3)cc2[nH]1)C(C)C. The number of carbonyl (C=O) groups is 3. The lowest BCUT2D eigenvalue weighted by atomic mass is 9.96. The molecule has 0 radical (unpaired) electrons. The number of aromatic amines is 2. The van der Waals surface area contributed by atoms with Crippen molar-refractivity contribution in [3.8, 4) is 23.1 Å². The number of alkyl carbamates (subject to hydrolysis) is 1. The minimum atomic E-state index is -0.686. The number of nitrogens with zero attached hydrogens (tertiary/aromatic N) is 4. The minimum Gasteiger partial charge on any atom is -0.453 e. The van der Waals surface area contributed by atoms with Crippen molar-refractivity contribution in [1.29, 1.82) is 0 Å². The number of ether oxygens (including phenoxy) is 2. The Morgan fingerprint density at radius 1 is 0.875 bits per heavy atom. The molecule has 2 aromatic carbocycles. The maximum absolute atomic E-state index is 13.9. The molecule has 2 spiro atoms. The van der Waals surface area contributed by atoms with E-state index < -0.39 is 12.1 Å². The zero-order chi connectivity index (χ0) is 39.4. The first-order valence-corrected chi connectivity index (χ1v) is 20.1. The van der Waals surface area contributed by atoms with Crippen LogP contribution < -0.4 is 5.32 Å². The van der Waals surface area contributed by atoms with E-state index in [2.05, 4.69) is 41.0 Å². The molecule has 4 aromatic rings. The van der Waals surface area contributed by atoms with Gasteiger partial charge in [-0.25, -0.2) is 14.8 Å². The number of imidazole rings is 2. The Morgan fingerprint density at radius 3 is 2.27 bits per heavy atom. The molecule has 5 atom stereocenters. The summed E-state index contributed by atoms with van der Waals surface area (Å²) in [5.41, 5.74) is 5.13. The molecule has 3 amide bonds. The second-order valence-electron chi connectivity index (χ2n) is 17.3. The summed E-state index contributed by atoms with van der Waals surface area (Å²) in [5, 5.41) is 2.75. The summed E-state index contributed by atoms with van der Waals surface area (Å²) in [5.74, 6) is 8.29. The van der Waals surface area contributed by atoms with Crippen LogP contribution in [0.3, 0.4) is 0 Å². The number of H-pyrrole nitrogens is 2. The van der Waals surface area contributed by atoms with Crippen LogP contribution in [-0.4, -0.2) is 86.1 Å². The number of nitrogens with one attached hydrogen (secondary N) is 3. The van der Waals surface area contributed by atoms with E-state index >= 15 is 0 Å². The molecule has 3 saturated heterocycles. The average Bonchev–Trinajstić information content (AvgIpc) is 3.79. The standard InChI is InChI=1S/C44H53N7O5/c1-26(2)28(5)40(52)51-25-44(16-7-19-56-44)22-36(51)38-45-23-34(48-38)31-13-10-29(11-14-31)8-9-30-12-15-32-33(20-30)47-39(46-32)35-21-43(17-18-43)24-50(35)41(53)37(27(3)4)49-42(54)55-6/h10-15,20,23,26-28,35-37H,7,16-19,21-22,24-25H2,1-6H3,(H,45,48)(H,46,47)(H,49,54)/t28-,35-,36-,37-,44-/m0/s1. The van der Waals surface area contributed by atoms with Crippen LogP contribution in [0.2, 0.25) is 0 Å². The molecule has 1 aliphatic carbocycles. The van der Waals surface area contributed by atoms with Crippen LogP contribution in [0.25, 0.3) is 22.3 Å². The van der Waals surface area contributed by atoms with Gasteiger partial charge in [0.05, 0.1) is 54.3 Å². The molecule has 12 nitrogen and oxygen atoms in total. The van der Waals surface area contributed by atoms with Gasteiger partial charge in [-0.05, 0) is 85.3 Å². The Bertz CT molecular complexity index is 2180. The first-order chi connectivity index (χ1) is 26.9. The molecule has 5 heterocycles. The third-order valence-corrected chi connectivity index (χ3v) is 12.7. The third-order valence-electron chi connectivity index (χ3n) is 12.7. The van der Waals surface area contributed by atoms with Gasteiger partial charge in [0.1, 0.15) is 17.7 Å². The molecular weight excluding hydrogens is 707 g/mol. The summed E-state index contributed by atoms with van der Waals surface area (Å²) in [6, 6.07) is 13.0. The van der Waals surface area contributed by atoms with Crippen LogP contribution in [0.5, 0.6) is 0 Å². The summed E-state index contributed by atoms with van der Waals surface area (Å²) in [6.07, 6.45) is 7.00. The van der Waals surface area contributed by atoms with Gasteiger partial charge in [-0.15, -0.1) is 0 Å². The number of benzene rings is 2. The van der Waals surface area contributed by atoms with Gasteiger partial charge >= 0.3 is 6.09 Å². The van der Waals surface area contributed by atoms with Crippen molar-refractivity contribution in [2.24, 2.45) is 23.2 Å². The molecule has 0 unspecified atom stereocenters. The second kappa shape index (κ2) is 14.7. The topological polar surface area (TPSA) is 146 Å². The van der Waals surface area contributed by atoms with Crippen LogP contribution in [0.1, 0.15) is 108 Å². The molecular formula is C44H53N7O5. The van der Waals surface area contributed by atoms with Crippen molar-refractivity contribution in [2.75, 3.05) is 26.8 Å². The number of fused-ring (bicyclic) bond motifs is 1. The Morgan fingerprint density at radius 2 is 1.59 bits per heavy atom. The van der Waals surface area contributed by atoms with Crippen molar-refractivity contribution in [3.63, 3.8) is 0 Å². The lowest BCUT2D eigenvalue weighted by molar-refractivity contribution is -0.138. The number of hydrogen-bond acceptors (Lipinski definition) is 7. The summed E-state index contributed by atoms with van der Waals surface area (Å²) < 4.78 is 11.1. The highest BCUT2D eigenvalue weighted by Gasteiger charge is 2.55. The number of methoxy groups -OCH3 is 1. The molecule has 2 aromatic heterocycles. The number of likely N-dealkylation sites (tertiary alicyclic amines) is 2. The minimum absolute atomic E-state index is 0.0760. The van der Waals surface area contributed by atoms with Gasteiger partial charge in [-0.3, -0.25) is 9.59 Å². The lowest BCUT2D eigenvalue weighted by Gasteiger charge is -2.30. The molecule has 0 bridgehead atoms. The van der Waals surface area contributed by atoms with Gasteiger partial charge in [-0.1, -0.05) is 58.6 Å². The van der Waals surface area contributed by atoms with Gasteiger partial charge in [-0.2, -0.15) is 0 Å². The number of rotatable bonds is 8. The van der Waals surface area contributed by atoms with Crippen molar-refractivity contribution in [1.82, 2.24) is 35.1 Å². The molecule has 3 aliphatic heterocycles. The van der Waals surface area contributed by atoms with Crippen LogP contribution in [0, 0.1) is 35.0 Å². The summed E-state index contributed by atoms with van der Waals surface area (Å²) in [6.45, 7) is 12.1. The number of aromatic nitrogens is 4. The summed E-state index contributed by atoms with van der Waals surface area (Å²) >= 11 is 0. The number of hydrogen-bond donors (Lipinski definition) is 3. The highest BCUT2D eigenvalue weighted by Crippen LogP contribution is 2.58. The fourth-order valence-electron chi connectivity index (χ4n) is 8.76. The van der Waals surface area contributed by atoms with E-state index in [1.165, 1.54) is 7.11 Å². The highest BCUT2D eigenvalue weighted by atomic mass is 16.5. The largest absolute Gasteiger partial charge is 0.453 e. The van der Waals surface area contributed by atoms with E-state index in [1.807, 2.05) is 79.2 Å². The van der Waals surface area contributed by atoms with Gasteiger partial charge in [0.15, 0.2) is 0 Å². The lowest BCUT2D eigenvalue weighted by Crippen LogP contribution is -2.51. The van der Waals surface area contributed by atoms with Gasteiger partial charge in [0.25, 0.3) is 0 Å². The van der Waals surface area contributed by atoms with Crippen molar-refractivity contribution < 1.29 is 23.9 Å². The van der Waals surface area contributed by atoms with E-state index in [-0.39, 0.29) is 52.7 Å². The first-order valence-electron chi connectivity index (χ1n) is 20.1. The third kappa shape index (κ3) is 7.29. The zero-order valence-corrected chi connectivity index (χ0v) is 33.3. The van der Waals surface area contributed by atoms with Crippen molar-refractivity contribution in [2.45, 2.75) is 96.9 Å². The fourth-order valence-corrected chi connectivity index (χ4v) is 8.76. The average molecular weight is 760 g/mol. The maximum Gasteiger partial charge on any atom is 0.407 e. The molecule has 8 rings (SSSR count). The second-order valence-corrected chi connectivity index (χ2v) is 17.3. The van der Waals surface area contributed by atoms with Crippen molar-refractivity contribution in [3.05, 3.63) is 71.4 Å². The van der Waals surface area contributed by atoms with E-state index in [4.69, 9.17) is 19.4 Å². The molecule has 4 fully saturated rings. The van der Waals surface area contributed by atoms with Gasteiger partial charge in [0.2, 0.25) is 11.8 Å². The normalized spacial score (nSPS) is 23.6. The van der Waals surface area contributed by atoms with Crippen LogP contribution in [0.4, 0.5) is 4.79 Å². The Labute approximate surface area is 328 Å². The maximum atomic E-state index is 13.9. The Balaban J connectivity index is 0.967. The van der Waals surface area contributed by atoms with E-state index in [0.717, 1.165) is 90.2 Å². The highest BCUT2D eigenvalue weighted by molar-refractivity contribution is 5.87. The van der Waals surface area contributed by atoms with Crippen LogP contribution in [0.15, 0.2) is 48.7 Å². The molecule has 3 N–H and O–H groups in total. The van der Waals surface area contributed by atoms with E-state index in [9.17, 15) is 14.4 Å². The Hall–Kier alpha value is -5.15. The quantitative estimate of drug-likeness (QED) is 0.166. The number of amides is 3. The molecule has 56 heavy (non-hydrogen) atoms. The smallest absolute Gasteiger partial charge is 0.407 e.